The molecule has 0 spiro atoms. The Hall–Kier alpha value is -0.920. The van der Waals surface area contributed by atoms with Crippen molar-refractivity contribution >= 4 is 12.6 Å². The predicted molar refractivity (Wildman–Crippen MR) is 61.8 cm³/mol. The molecular formula is C11H14N2OS. The second-order valence-corrected chi connectivity index (χ2v) is 3.81. The molecule has 3 nitrogen and oxygen atoms in total. The molecule has 1 atom stereocenters. The minimum absolute atomic E-state index is 0.102. The molecule has 15 heavy (non-hydrogen) atoms. The van der Waals surface area contributed by atoms with Crippen molar-refractivity contribution in [2.75, 3.05) is 12.4 Å². The molecule has 1 aromatic rings. The molecule has 4 heteroatoms. The molecule has 0 amide bonds. The molecule has 1 fully saturated rings. The molecule has 1 aliphatic heterocycles. The van der Waals surface area contributed by atoms with Crippen LogP contribution in [0.15, 0.2) is 12.4 Å². The van der Waals surface area contributed by atoms with Crippen LogP contribution in [0.1, 0.15) is 31.1 Å². The predicted octanol–water partition coefficient (Wildman–Crippen LogP) is 1.86. The average molecular weight is 222 g/mol. The van der Waals surface area contributed by atoms with Crippen molar-refractivity contribution in [2.45, 2.75) is 25.5 Å². The zero-order valence-electron chi connectivity index (χ0n) is 8.52. The smallest absolute Gasteiger partial charge is 0.150 e. The van der Waals surface area contributed by atoms with E-state index in [1.54, 1.807) is 6.20 Å². The summed E-state index contributed by atoms with van der Waals surface area (Å²) in [4.78, 5) is 0. The highest BCUT2D eigenvalue weighted by atomic mass is 32.1. The first-order valence-corrected chi connectivity index (χ1v) is 5.79. The van der Waals surface area contributed by atoms with Crippen LogP contribution in [0.25, 0.3) is 0 Å². The van der Waals surface area contributed by atoms with E-state index >= 15 is 0 Å². The van der Waals surface area contributed by atoms with E-state index in [0.717, 1.165) is 25.0 Å². The van der Waals surface area contributed by atoms with E-state index in [-0.39, 0.29) is 6.23 Å². The summed E-state index contributed by atoms with van der Waals surface area (Å²) in [5.41, 5.74) is 0.929. The summed E-state index contributed by atoms with van der Waals surface area (Å²) in [6.07, 6.45) is 7.22. The van der Waals surface area contributed by atoms with Gasteiger partial charge in [-0.05, 0) is 19.3 Å². The summed E-state index contributed by atoms with van der Waals surface area (Å²) in [5.74, 6) is 6.46. The van der Waals surface area contributed by atoms with E-state index in [2.05, 4.69) is 29.6 Å². The van der Waals surface area contributed by atoms with Gasteiger partial charge in [-0.1, -0.05) is 11.8 Å². The zero-order valence-corrected chi connectivity index (χ0v) is 9.41. The largest absolute Gasteiger partial charge is 0.357 e. The van der Waals surface area contributed by atoms with E-state index in [1.807, 2.05) is 10.9 Å². The van der Waals surface area contributed by atoms with Gasteiger partial charge in [-0.2, -0.15) is 17.7 Å². The lowest BCUT2D eigenvalue weighted by molar-refractivity contribution is -0.0395. The Morgan fingerprint density at radius 1 is 1.60 bits per heavy atom. The Morgan fingerprint density at radius 2 is 2.53 bits per heavy atom. The molecular weight excluding hydrogens is 208 g/mol. The lowest BCUT2D eigenvalue weighted by Crippen LogP contribution is -2.18. The van der Waals surface area contributed by atoms with Gasteiger partial charge in [0.05, 0.1) is 17.5 Å². The highest BCUT2D eigenvalue weighted by Gasteiger charge is 2.15. The zero-order chi connectivity index (χ0) is 10.5. The molecule has 2 heterocycles. The second kappa shape index (κ2) is 5.24. The highest BCUT2D eigenvalue weighted by molar-refractivity contribution is 7.80. The number of aromatic nitrogens is 2. The fourth-order valence-electron chi connectivity index (χ4n) is 1.63. The summed E-state index contributed by atoms with van der Waals surface area (Å²) in [7, 11) is 0. The molecule has 0 unspecified atom stereocenters. The SMILES string of the molecule is SCC#Cc1cnn([C@@H]2CCCCO2)c1. The minimum Gasteiger partial charge on any atom is -0.357 e. The van der Waals surface area contributed by atoms with E-state index in [4.69, 9.17) is 4.74 Å². The Bertz CT molecular complexity index is 371. The maximum atomic E-state index is 5.62. The van der Waals surface area contributed by atoms with Crippen LogP contribution in [0.5, 0.6) is 0 Å². The highest BCUT2D eigenvalue weighted by Crippen LogP contribution is 2.21. The summed E-state index contributed by atoms with van der Waals surface area (Å²) in [5, 5.41) is 4.26. The van der Waals surface area contributed by atoms with Gasteiger partial charge in [0.15, 0.2) is 0 Å². The van der Waals surface area contributed by atoms with Gasteiger partial charge in [-0.3, -0.25) is 0 Å². The van der Waals surface area contributed by atoms with Crippen LogP contribution in [-0.4, -0.2) is 22.1 Å². The first-order valence-electron chi connectivity index (χ1n) is 5.15. The van der Waals surface area contributed by atoms with Crippen LogP contribution in [0.2, 0.25) is 0 Å². The van der Waals surface area contributed by atoms with Crippen LogP contribution in [0, 0.1) is 11.8 Å². The van der Waals surface area contributed by atoms with Crippen molar-refractivity contribution in [1.29, 1.82) is 0 Å². The average Bonchev–Trinajstić information content (AvgIpc) is 2.76. The van der Waals surface area contributed by atoms with E-state index in [1.165, 1.54) is 6.42 Å². The standard InChI is InChI=1S/C11H14N2OS/c15-7-3-4-10-8-12-13(9-10)11-5-1-2-6-14-11/h8-9,11,15H,1-2,5-7H2/t11-/m0/s1. The fourth-order valence-corrected chi connectivity index (χ4v) is 1.71. The Labute approximate surface area is 95.2 Å². The normalized spacial score (nSPS) is 20.7. The van der Waals surface area contributed by atoms with Crippen LogP contribution >= 0.6 is 12.6 Å². The number of nitrogens with zero attached hydrogens (tertiary/aromatic N) is 2. The number of rotatable bonds is 1. The van der Waals surface area contributed by atoms with Crippen LogP contribution in [0.3, 0.4) is 0 Å². The Balaban J connectivity index is 2.05. The van der Waals surface area contributed by atoms with Crippen molar-refractivity contribution < 1.29 is 4.74 Å². The Kier molecular flexibility index (Phi) is 3.70. The molecule has 0 saturated carbocycles. The van der Waals surface area contributed by atoms with Gasteiger partial charge < -0.3 is 4.74 Å². The molecule has 0 N–H and O–H groups in total. The fraction of sp³-hybridized carbons (Fsp3) is 0.545. The van der Waals surface area contributed by atoms with E-state index in [9.17, 15) is 0 Å². The maximum absolute atomic E-state index is 5.62. The third kappa shape index (κ3) is 2.77. The monoisotopic (exact) mass is 222 g/mol. The van der Waals surface area contributed by atoms with Gasteiger partial charge >= 0.3 is 0 Å². The van der Waals surface area contributed by atoms with Gasteiger partial charge in [-0.25, -0.2) is 4.68 Å². The topological polar surface area (TPSA) is 27.1 Å². The van der Waals surface area contributed by atoms with Gasteiger partial charge in [0, 0.05) is 12.8 Å². The molecule has 1 aliphatic rings. The summed E-state index contributed by atoms with van der Waals surface area (Å²) in [6, 6.07) is 0. The van der Waals surface area contributed by atoms with Crippen molar-refractivity contribution in [1.82, 2.24) is 9.78 Å². The first-order chi connectivity index (χ1) is 7.40. The molecule has 2 rings (SSSR count). The maximum Gasteiger partial charge on any atom is 0.150 e. The Morgan fingerprint density at radius 3 is 3.27 bits per heavy atom. The molecule has 1 aromatic heterocycles. The first kappa shape index (κ1) is 10.6. The van der Waals surface area contributed by atoms with Crippen LogP contribution in [0.4, 0.5) is 0 Å². The minimum atomic E-state index is 0.102. The molecule has 1 saturated heterocycles. The van der Waals surface area contributed by atoms with Crippen molar-refractivity contribution in [2.24, 2.45) is 0 Å². The molecule has 0 aliphatic carbocycles. The number of hydrogen-bond acceptors (Lipinski definition) is 3. The van der Waals surface area contributed by atoms with E-state index in [0.29, 0.717) is 5.75 Å². The lowest BCUT2D eigenvalue weighted by Gasteiger charge is -2.22. The van der Waals surface area contributed by atoms with Crippen molar-refractivity contribution in [3.8, 4) is 11.8 Å². The quantitative estimate of drug-likeness (QED) is 0.580. The number of ether oxygens (including phenoxy) is 1. The summed E-state index contributed by atoms with van der Waals surface area (Å²) in [6.45, 7) is 0.835. The summed E-state index contributed by atoms with van der Waals surface area (Å²) >= 11 is 4.03. The molecule has 0 radical (unpaired) electrons. The van der Waals surface area contributed by atoms with Crippen LogP contribution < -0.4 is 0 Å². The molecule has 0 aromatic carbocycles. The second-order valence-electron chi connectivity index (χ2n) is 3.49. The van der Waals surface area contributed by atoms with Crippen molar-refractivity contribution in [3.05, 3.63) is 18.0 Å². The summed E-state index contributed by atoms with van der Waals surface area (Å²) < 4.78 is 7.48. The van der Waals surface area contributed by atoms with Gasteiger partial charge in [-0.15, -0.1) is 0 Å². The van der Waals surface area contributed by atoms with Gasteiger partial charge in [0.25, 0.3) is 0 Å². The van der Waals surface area contributed by atoms with E-state index < -0.39 is 0 Å². The number of hydrogen-bond donors (Lipinski definition) is 1. The lowest BCUT2D eigenvalue weighted by atomic mass is 10.2. The molecule has 80 valence electrons. The van der Waals surface area contributed by atoms with Gasteiger partial charge in [0.2, 0.25) is 0 Å². The van der Waals surface area contributed by atoms with Crippen LogP contribution in [-0.2, 0) is 4.74 Å². The molecule has 0 bridgehead atoms. The third-order valence-corrected chi connectivity index (χ3v) is 2.52. The third-order valence-electron chi connectivity index (χ3n) is 2.36. The van der Waals surface area contributed by atoms with Crippen molar-refractivity contribution in [3.63, 3.8) is 0 Å². The number of thiol groups is 1. The van der Waals surface area contributed by atoms with Gasteiger partial charge in [0.1, 0.15) is 6.23 Å².